The summed E-state index contributed by atoms with van der Waals surface area (Å²) >= 11 is 6.15. The van der Waals surface area contributed by atoms with Crippen molar-refractivity contribution in [1.82, 2.24) is 15.1 Å². The molecule has 1 fully saturated rings. The molecule has 40 heavy (non-hydrogen) atoms. The third kappa shape index (κ3) is 7.88. The molecule has 0 bridgehead atoms. The number of aromatic hydroxyl groups is 1. The lowest BCUT2D eigenvalue weighted by Gasteiger charge is -2.39. The number of benzene rings is 3. The molecule has 1 saturated heterocycles. The van der Waals surface area contributed by atoms with Gasteiger partial charge in [0.2, 0.25) is 11.7 Å². The number of phenolic OH excluding ortho intramolecular Hbond substituents is 1. The summed E-state index contributed by atoms with van der Waals surface area (Å²) in [6, 6.07) is 22.3. The van der Waals surface area contributed by atoms with E-state index < -0.39 is 0 Å². The predicted octanol–water partition coefficient (Wildman–Crippen LogP) is 5.16. The van der Waals surface area contributed by atoms with Crippen molar-refractivity contribution >= 4 is 23.6 Å². The lowest BCUT2D eigenvalue weighted by Crippen LogP contribution is -2.49. The van der Waals surface area contributed by atoms with E-state index in [1.54, 1.807) is 30.4 Å². The smallest absolute Gasteiger partial charge is 0.244 e. The summed E-state index contributed by atoms with van der Waals surface area (Å²) in [4.78, 5) is 17.2. The molecule has 0 spiro atoms. The summed E-state index contributed by atoms with van der Waals surface area (Å²) in [7, 11) is 2.96. The largest absolute Gasteiger partial charge is 0.502 e. The molecular formula is C32H36ClN3O4. The number of rotatable bonds is 11. The minimum atomic E-state index is -0.143. The van der Waals surface area contributed by atoms with Crippen molar-refractivity contribution in [2.45, 2.75) is 6.04 Å². The van der Waals surface area contributed by atoms with Crippen molar-refractivity contribution in [3.63, 3.8) is 0 Å². The van der Waals surface area contributed by atoms with Crippen molar-refractivity contribution in [1.29, 1.82) is 0 Å². The van der Waals surface area contributed by atoms with Gasteiger partial charge in [-0.3, -0.25) is 14.6 Å². The van der Waals surface area contributed by atoms with Crippen LogP contribution in [0, 0.1) is 0 Å². The number of carbonyl (C=O) groups excluding carboxylic acids is 1. The Morgan fingerprint density at radius 3 is 2.20 bits per heavy atom. The van der Waals surface area contributed by atoms with Crippen molar-refractivity contribution in [3.8, 4) is 17.2 Å². The van der Waals surface area contributed by atoms with Crippen molar-refractivity contribution in [3.05, 3.63) is 107 Å². The highest BCUT2D eigenvalue weighted by molar-refractivity contribution is 6.30. The van der Waals surface area contributed by atoms with Gasteiger partial charge in [-0.05, 0) is 41.0 Å². The maximum absolute atomic E-state index is 12.3. The fourth-order valence-corrected chi connectivity index (χ4v) is 4.98. The van der Waals surface area contributed by atoms with Gasteiger partial charge in [-0.25, -0.2) is 0 Å². The molecule has 7 nitrogen and oxygen atoms in total. The van der Waals surface area contributed by atoms with Crippen LogP contribution in [0.4, 0.5) is 0 Å². The number of amides is 1. The molecule has 0 radical (unpaired) electrons. The Morgan fingerprint density at radius 1 is 0.950 bits per heavy atom. The number of phenols is 1. The molecule has 210 valence electrons. The molecule has 1 unspecified atom stereocenters. The highest BCUT2D eigenvalue weighted by Crippen LogP contribution is 2.37. The number of nitrogens with one attached hydrogen (secondary N) is 1. The minimum absolute atomic E-state index is 0.0453. The molecule has 1 atom stereocenters. The van der Waals surface area contributed by atoms with Crippen molar-refractivity contribution in [2.75, 3.05) is 53.5 Å². The van der Waals surface area contributed by atoms with E-state index in [0.717, 1.165) is 43.3 Å². The summed E-state index contributed by atoms with van der Waals surface area (Å²) in [5.41, 5.74) is 3.29. The number of hydrogen-bond donors (Lipinski definition) is 2. The quantitative estimate of drug-likeness (QED) is 0.249. The maximum Gasteiger partial charge on any atom is 0.244 e. The van der Waals surface area contributed by atoms with Gasteiger partial charge < -0.3 is 19.9 Å². The third-order valence-electron chi connectivity index (χ3n) is 6.95. The van der Waals surface area contributed by atoms with E-state index >= 15 is 0 Å². The monoisotopic (exact) mass is 561 g/mol. The molecule has 1 aliphatic heterocycles. The van der Waals surface area contributed by atoms with Gasteiger partial charge in [0, 0.05) is 50.4 Å². The van der Waals surface area contributed by atoms with Crippen LogP contribution in [0.3, 0.4) is 0 Å². The average Bonchev–Trinajstić information content (AvgIpc) is 2.98. The van der Waals surface area contributed by atoms with Crippen LogP contribution in [-0.2, 0) is 4.79 Å². The normalized spacial score (nSPS) is 15.4. The second kappa shape index (κ2) is 14.6. The molecule has 3 aromatic rings. The fraction of sp³-hybridized carbons (Fsp3) is 0.281. The molecule has 4 rings (SSSR count). The Bertz CT molecular complexity index is 1280. The van der Waals surface area contributed by atoms with Gasteiger partial charge in [0.1, 0.15) is 0 Å². The molecule has 1 aliphatic rings. The molecule has 0 saturated carbocycles. The first kappa shape index (κ1) is 29.2. The summed E-state index contributed by atoms with van der Waals surface area (Å²) in [6.45, 7) is 5.13. The van der Waals surface area contributed by atoms with Crippen LogP contribution in [0.2, 0.25) is 5.02 Å². The van der Waals surface area contributed by atoms with Gasteiger partial charge in [-0.15, -0.1) is 0 Å². The zero-order valence-corrected chi connectivity index (χ0v) is 23.7. The molecule has 8 heteroatoms. The van der Waals surface area contributed by atoms with Gasteiger partial charge in [0.25, 0.3) is 0 Å². The van der Waals surface area contributed by atoms with Crippen LogP contribution in [0.1, 0.15) is 22.7 Å². The number of allylic oxidation sites excluding steroid dienone is 2. The van der Waals surface area contributed by atoms with E-state index in [1.807, 2.05) is 18.2 Å². The standard InChI is InChI=1S/C32H36ClN3O4/c1-39-28-22-24(23-29(40-2)32(28)38)8-6-7-11-30(37)34-16-17-35-18-20-36(21-19-35)31(25-9-4-3-5-10-25)26-12-14-27(33)15-13-26/h3-15,22-23,31,38H,16-21H2,1-2H3,(H,34,37). The first-order valence-electron chi connectivity index (χ1n) is 13.3. The van der Waals surface area contributed by atoms with Gasteiger partial charge in [0.05, 0.1) is 20.3 Å². The number of hydrogen-bond acceptors (Lipinski definition) is 6. The number of carbonyl (C=O) groups is 1. The Morgan fingerprint density at radius 2 is 1.57 bits per heavy atom. The lowest BCUT2D eigenvalue weighted by atomic mass is 9.96. The molecule has 2 N–H and O–H groups in total. The minimum Gasteiger partial charge on any atom is -0.502 e. The number of ether oxygens (including phenoxy) is 2. The second-order valence-corrected chi connectivity index (χ2v) is 9.96. The predicted molar refractivity (Wildman–Crippen MR) is 160 cm³/mol. The lowest BCUT2D eigenvalue weighted by molar-refractivity contribution is -0.116. The first-order valence-corrected chi connectivity index (χ1v) is 13.7. The highest BCUT2D eigenvalue weighted by Gasteiger charge is 2.26. The Labute approximate surface area is 241 Å². The van der Waals surface area contributed by atoms with Crippen LogP contribution in [0.5, 0.6) is 17.2 Å². The van der Waals surface area contributed by atoms with E-state index in [-0.39, 0.29) is 17.7 Å². The van der Waals surface area contributed by atoms with E-state index in [1.165, 1.54) is 31.4 Å². The van der Waals surface area contributed by atoms with Crippen LogP contribution in [-0.4, -0.2) is 74.3 Å². The average molecular weight is 562 g/mol. The Kier molecular flexibility index (Phi) is 10.6. The Balaban J connectivity index is 1.24. The SMILES string of the molecule is COc1cc(C=CC=CC(=O)NCCN2CCN(C(c3ccccc3)c3ccc(Cl)cc3)CC2)cc(OC)c1O. The number of nitrogens with zero attached hydrogens (tertiary/aromatic N) is 2. The van der Waals surface area contributed by atoms with Gasteiger partial charge in [0.15, 0.2) is 11.5 Å². The zero-order chi connectivity index (χ0) is 28.3. The van der Waals surface area contributed by atoms with Gasteiger partial charge >= 0.3 is 0 Å². The maximum atomic E-state index is 12.3. The molecule has 1 heterocycles. The topological polar surface area (TPSA) is 74.3 Å². The second-order valence-electron chi connectivity index (χ2n) is 9.53. The fourth-order valence-electron chi connectivity index (χ4n) is 4.86. The van der Waals surface area contributed by atoms with E-state index in [2.05, 4.69) is 51.5 Å². The molecule has 1 amide bonds. The van der Waals surface area contributed by atoms with E-state index in [9.17, 15) is 9.90 Å². The number of piperazine rings is 1. The highest BCUT2D eigenvalue weighted by atomic mass is 35.5. The number of methoxy groups -OCH3 is 2. The molecule has 3 aromatic carbocycles. The van der Waals surface area contributed by atoms with Crippen LogP contribution >= 0.6 is 11.6 Å². The zero-order valence-electron chi connectivity index (χ0n) is 22.9. The summed E-state index contributed by atoms with van der Waals surface area (Å²) in [6.07, 6.45) is 6.74. The van der Waals surface area contributed by atoms with E-state index in [0.29, 0.717) is 18.0 Å². The third-order valence-corrected chi connectivity index (χ3v) is 7.20. The summed E-state index contributed by atoms with van der Waals surface area (Å²) in [5.74, 6) is 0.455. The van der Waals surface area contributed by atoms with Crippen LogP contribution in [0.15, 0.2) is 85.0 Å². The molecule has 0 aliphatic carbocycles. The number of halogens is 1. The van der Waals surface area contributed by atoms with Crippen molar-refractivity contribution in [2.24, 2.45) is 0 Å². The summed E-state index contributed by atoms with van der Waals surface area (Å²) < 4.78 is 10.3. The van der Waals surface area contributed by atoms with Gasteiger partial charge in [-0.2, -0.15) is 0 Å². The van der Waals surface area contributed by atoms with E-state index in [4.69, 9.17) is 21.1 Å². The summed E-state index contributed by atoms with van der Waals surface area (Å²) in [5, 5.41) is 13.7. The Hall–Kier alpha value is -3.78. The molecular weight excluding hydrogens is 526 g/mol. The van der Waals surface area contributed by atoms with Crippen molar-refractivity contribution < 1.29 is 19.4 Å². The first-order chi connectivity index (χ1) is 19.5. The molecule has 0 aromatic heterocycles. The van der Waals surface area contributed by atoms with Crippen LogP contribution < -0.4 is 14.8 Å². The van der Waals surface area contributed by atoms with Gasteiger partial charge in [-0.1, -0.05) is 72.3 Å². The van der Waals surface area contributed by atoms with Crippen LogP contribution in [0.25, 0.3) is 6.08 Å².